The molecule has 0 bridgehead atoms. The molecular formula is C19H21ClO. The van der Waals surface area contributed by atoms with Crippen molar-refractivity contribution in [2.75, 3.05) is 0 Å². The number of alkyl halides is 1. The monoisotopic (exact) mass is 300 g/mol. The van der Waals surface area contributed by atoms with Gasteiger partial charge in [-0.15, -0.1) is 11.6 Å². The Bertz CT molecular complexity index is 560. The summed E-state index contributed by atoms with van der Waals surface area (Å²) in [5, 5.41) is -0.456. The second-order valence-electron chi connectivity index (χ2n) is 5.30. The number of benzene rings is 2. The van der Waals surface area contributed by atoms with Crippen molar-refractivity contribution in [1.82, 2.24) is 0 Å². The van der Waals surface area contributed by atoms with Crippen molar-refractivity contribution in [3.63, 3.8) is 0 Å². The van der Waals surface area contributed by atoms with Crippen molar-refractivity contribution in [1.29, 1.82) is 0 Å². The van der Waals surface area contributed by atoms with Crippen LogP contribution < -0.4 is 0 Å². The number of aryl methyl sites for hydroxylation is 2. The van der Waals surface area contributed by atoms with Gasteiger partial charge in [-0.05, 0) is 30.4 Å². The summed E-state index contributed by atoms with van der Waals surface area (Å²) in [6.45, 7) is 2.18. The third-order valence-electron chi connectivity index (χ3n) is 3.59. The van der Waals surface area contributed by atoms with Gasteiger partial charge < -0.3 is 0 Å². The van der Waals surface area contributed by atoms with E-state index >= 15 is 0 Å². The number of carbonyl (C=O) groups excluding carboxylic acids is 1. The third kappa shape index (κ3) is 4.71. The molecule has 1 unspecified atom stereocenters. The quantitative estimate of drug-likeness (QED) is 0.516. The van der Waals surface area contributed by atoms with Crippen molar-refractivity contribution in [3.8, 4) is 0 Å². The molecule has 2 heteroatoms. The molecule has 0 saturated carbocycles. The maximum atomic E-state index is 12.2. The lowest BCUT2D eigenvalue weighted by Gasteiger charge is -2.09. The van der Waals surface area contributed by atoms with Crippen LogP contribution in [-0.4, -0.2) is 11.2 Å². The van der Waals surface area contributed by atoms with Crippen LogP contribution in [0.1, 0.15) is 41.3 Å². The molecule has 21 heavy (non-hydrogen) atoms. The second-order valence-corrected chi connectivity index (χ2v) is 5.83. The predicted molar refractivity (Wildman–Crippen MR) is 89.2 cm³/mol. The second kappa shape index (κ2) is 7.99. The van der Waals surface area contributed by atoms with Crippen LogP contribution in [0.3, 0.4) is 0 Å². The van der Waals surface area contributed by atoms with E-state index in [9.17, 15) is 4.79 Å². The molecule has 0 aliphatic carbocycles. The molecule has 0 radical (unpaired) electrons. The molecule has 1 atom stereocenters. The van der Waals surface area contributed by atoms with E-state index in [4.69, 9.17) is 11.6 Å². The lowest BCUT2D eigenvalue weighted by atomic mass is 10.0. The van der Waals surface area contributed by atoms with Crippen LogP contribution in [-0.2, 0) is 12.8 Å². The Balaban J connectivity index is 1.88. The summed E-state index contributed by atoms with van der Waals surface area (Å²) in [5.41, 5.74) is 3.29. The average Bonchev–Trinajstić information content (AvgIpc) is 2.54. The molecule has 2 rings (SSSR count). The molecule has 2 aromatic carbocycles. The maximum Gasteiger partial charge on any atom is 0.180 e. The van der Waals surface area contributed by atoms with E-state index in [-0.39, 0.29) is 5.78 Å². The Morgan fingerprint density at radius 2 is 1.52 bits per heavy atom. The van der Waals surface area contributed by atoms with Gasteiger partial charge in [0, 0.05) is 5.56 Å². The molecule has 0 heterocycles. The molecule has 0 saturated heterocycles. The molecular weight excluding hydrogens is 280 g/mol. The zero-order valence-corrected chi connectivity index (χ0v) is 13.1. The Kier molecular flexibility index (Phi) is 6.01. The van der Waals surface area contributed by atoms with Gasteiger partial charge in [0.25, 0.3) is 0 Å². The molecule has 0 amide bonds. The summed E-state index contributed by atoms with van der Waals surface area (Å²) >= 11 is 6.25. The third-order valence-corrected chi connectivity index (χ3v) is 4.01. The van der Waals surface area contributed by atoms with Gasteiger partial charge in [0.15, 0.2) is 5.78 Å². The minimum atomic E-state index is -0.456. The number of carbonyl (C=O) groups is 1. The largest absolute Gasteiger partial charge is 0.293 e. The first-order chi connectivity index (χ1) is 10.2. The number of halogens is 1. The van der Waals surface area contributed by atoms with Crippen molar-refractivity contribution in [2.45, 2.75) is 38.0 Å². The topological polar surface area (TPSA) is 17.1 Å². The number of hydrogen-bond acceptors (Lipinski definition) is 1. The van der Waals surface area contributed by atoms with Crippen LogP contribution in [0.5, 0.6) is 0 Å². The summed E-state index contributed by atoms with van der Waals surface area (Å²) < 4.78 is 0. The fourth-order valence-electron chi connectivity index (χ4n) is 2.37. The van der Waals surface area contributed by atoms with Gasteiger partial charge in [0.2, 0.25) is 0 Å². The molecule has 0 aliphatic rings. The summed E-state index contributed by atoms with van der Waals surface area (Å²) in [6.07, 6.45) is 3.78. The standard InChI is InChI=1S/C19H21ClO/c1-2-6-15-9-11-16(12-10-15)13-14-18(20)19(21)17-7-4-3-5-8-17/h3-5,7-12,18H,2,6,13-14H2,1H3. The Morgan fingerprint density at radius 1 is 0.952 bits per heavy atom. The lowest BCUT2D eigenvalue weighted by molar-refractivity contribution is 0.0984. The molecule has 0 N–H and O–H groups in total. The van der Waals surface area contributed by atoms with Crippen molar-refractivity contribution in [3.05, 3.63) is 71.3 Å². The molecule has 0 fully saturated rings. The van der Waals surface area contributed by atoms with Gasteiger partial charge in [-0.2, -0.15) is 0 Å². The van der Waals surface area contributed by atoms with E-state index in [0.29, 0.717) is 12.0 Å². The van der Waals surface area contributed by atoms with Crippen molar-refractivity contribution in [2.24, 2.45) is 0 Å². The molecule has 2 aromatic rings. The Hall–Kier alpha value is -1.60. The average molecular weight is 301 g/mol. The molecule has 0 aliphatic heterocycles. The first-order valence-electron chi connectivity index (χ1n) is 7.52. The summed E-state index contributed by atoms with van der Waals surface area (Å²) in [7, 11) is 0. The van der Waals surface area contributed by atoms with Gasteiger partial charge in [-0.1, -0.05) is 67.9 Å². The smallest absolute Gasteiger partial charge is 0.180 e. The van der Waals surface area contributed by atoms with E-state index in [0.717, 1.165) is 19.3 Å². The predicted octanol–water partition coefficient (Wildman–Crippen LogP) is 5.06. The number of hydrogen-bond donors (Lipinski definition) is 0. The fraction of sp³-hybridized carbons (Fsp3) is 0.316. The highest BCUT2D eigenvalue weighted by Crippen LogP contribution is 2.16. The summed E-state index contributed by atoms with van der Waals surface area (Å²) in [5.74, 6) is 0.0138. The van der Waals surface area contributed by atoms with Crippen LogP contribution in [0.2, 0.25) is 0 Å². The molecule has 110 valence electrons. The van der Waals surface area contributed by atoms with E-state index in [1.165, 1.54) is 11.1 Å². The summed E-state index contributed by atoms with van der Waals surface area (Å²) in [6, 6.07) is 17.9. The number of rotatable bonds is 7. The first-order valence-corrected chi connectivity index (χ1v) is 7.95. The zero-order chi connectivity index (χ0) is 15.1. The minimum Gasteiger partial charge on any atom is -0.293 e. The van der Waals surface area contributed by atoms with E-state index < -0.39 is 5.38 Å². The minimum absolute atomic E-state index is 0.0138. The van der Waals surface area contributed by atoms with Crippen LogP contribution in [0, 0.1) is 0 Å². The van der Waals surface area contributed by atoms with Crippen LogP contribution >= 0.6 is 11.6 Å². The zero-order valence-electron chi connectivity index (χ0n) is 12.4. The SMILES string of the molecule is CCCc1ccc(CCC(Cl)C(=O)c2ccccc2)cc1. The lowest BCUT2D eigenvalue weighted by Crippen LogP contribution is -2.15. The fourth-order valence-corrected chi connectivity index (χ4v) is 2.60. The van der Waals surface area contributed by atoms with Crippen LogP contribution in [0.4, 0.5) is 0 Å². The van der Waals surface area contributed by atoms with Crippen LogP contribution in [0.15, 0.2) is 54.6 Å². The molecule has 0 aromatic heterocycles. The summed E-state index contributed by atoms with van der Waals surface area (Å²) in [4.78, 5) is 12.2. The van der Waals surface area contributed by atoms with Gasteiger partial charge in [-0.25, -0.2) is 0 Å². The van der Waals surface area contributed by atoms with Crippen LogP contribution in [0.25, 0.3) is 0 Å². The Morgan fingerprint density at radius 3 is 2.10 bits per heavy atom. The van der Waals surface area contributed by atoms with Crippen molar-refractivity contribution < 1.29 is 4.79 Å². The highest BCUT2D eigenvalue weighted by Gasteiger charge is 2.16. The highest BCUT2D eigenvalue weighted by molar-refractivity contribution is 6.33. The van der Waals surface area contributed by atoms with Gasteiger partial charge in [0.1, 0.15) is 0 Å². The molecule has 0 spiro atoms. The normalized spacial score (nSPS) is 12.1. The number of ketones is 1. The highest BCUT2D eigenvalue weighted by atomic mass is 35.5. The van der Waals surface area contributed by atoms with Gasteiger partial charge in [-0.3, -0.25) is 4.79 Å². The van der Waals surface area contributed by atoms with Gasteiger partial charge >= 0.3 is 0 Å². The molecule has 1 nitrogen and oxygen atoms in total. The Labute approximate surface area is 132 Å². The van der Waals surface area contributed by atoms with E-state index in [2.05, 4.69) is 31.2 Å². The maximum absolute atomic E-state index is 12.2. The van der Waals surface area contributed by atoms with Crippen molar-refractivity contribution >= 4 is 17.4 Å². The number of Topliss-reactive ketones (excluding diaryl/α,β-unsaturated/α-hetero) is 1. The van der Waals surface area contributed by atoms with Gasteiger partial charge in [0.05, 0.1) is 5.38 Å². The van der Waals surface area contributed by atoms with E-state index in [1.807, 2.05) is 30.3 Å². The van der Waals surface area contributed by atoms with E-state index in [1.54, 1.807) is 0 Å². The first kappa shape index (κ1) is 15.8.